The summed E-state index contributed by atoms with van der Waals surface area (Å²) in [5.74, 6) is -0.396. The molecule has 2 heterocycles. The van der Waals surface area contributed by atoms with Crippen LogP contribution in [0.3, 0.4) is 0 Å². The SMILES string of the molecule is O=C(O)C(C1CCCCC1)N1CC(CN2CCC(O)(CCCc3ccccc3)CC2)C(c2cccc(F)c2)C1. The van der Waals surface area contributed by atoms with E-state index in [2.05, 4.69) is 34.1 Å². The van der Waals surface area contributed by atoms with Gasteiger partial charge in [0.15, 0.2) is 0 Å². The van der Waals surface area contributed by atoms with Crippen LogP contribution in [0.15, 0.2) is 54.6 Å². The van der Waals surface area contributed by atoms with Crippen LogP contribution >= 0.6 is 0 Å². The molecule has 2 aromatic carbocycles. The Morgan fingerprint density at radius 1 is 1.00 bits per heavy atom. The van der Waals surface area contributed by atoms with Crippen molar-refractivity contribution in [2.45, 2.75) is 81.8 Å². The second kappa shape index (κ2) is 12.9. The van der Waals surface area contributed by atoms with Crippen LogP contribution < -0.4 is 0 Å². The van der Waals surface area contributed by atoms with Gasteiger partial charge in [-0.3, -0.25) is 9.69 Å². The summed E-state index contributed by atoms with van der Waals surface area (Å²) in [5.41, 5.74) is 1.69. The summed E-state index contributed by atoms with van der Waals surface area (Å²) in [5, 5.41) is 21.5. The van der Waals surface area contributed by atoms with Crippen LogP contribution in [0.25, 0.3) is 0 Å². The van der Waals surface area contributed by atoms with E-state index in [0.717, 1.165) is 89.5 Å². The van der Waals surface area contributed by atoms with E-state index in [0.29, 0.717) is 6.54 Å². The number of aliphatic hydroxyl groups is 1. The molecule has 0 radical (unpaired) electrons. The van der Waals surface area contributed by atoms with Crippen LogP contribution in [0.2, 0.25) is 0 Å². The molecule has 212 valence electrons. The molecule has 0 amide bonds. The zero-order valence-electron chi connectivity index (χ0n) is 23.2. The van der Waals surface area contributed by atoms with Crippen molar-refractivity contribution >= 4 is 5.97 Å². The molecule has 2 aliphatic heterocycles. The number of piperidine rings is 1. The molecule has 3 atom stereocenters. The number of hydrogen-bond donors (Lipinski definition) is 2. The van der Waals surface area contributed by atoms with Crippen molar-refractivity contribution in [3.8, 4) is 0 Å². The van der Waals surface area contributed by atoms with Gasteiger partial charge < -0.3 is 15.1 Å². The first kappa shape index (κ1) is 28.3. The summed E-state index contributed by atoms with van der Waals surface area (Å²) >= 11 is 0. The van der Waals surface area contributed by atoms with E-state index in [-0.39, 0.29) is 23.6 Å². The standard InChI is InChI=1S/C33H45FN2O3/c34-29-15-7-14-27(21-29)30-24-36(31(32(37)38)26-12-5-2-6-13-26)23-28(30)22-35-19-17-33(39,18-20-35)16-8-11-25-9-3-1-4-10-25/h1,3-4,7,9-10,14-15,21,26,28,30-31,39H,2,5-6,8,11-13,16-20,22-24H2,(H,37,38). The van der Waals surface area contributed by atoms with Gasteiger partial charge in [-0.2, -0.15) is 0 Å². The summed E-state index contributed by atoms with van der Waals surface area (Å²) in [6, 6.07) is 16.9. The fourth-order valence-corrected chi connectivity index (χ4v) is 7.54. The van der Waals surface area contributed by atoms with Gasteiger partial charge in [0.1, 0.15) is 11.9 Å². The van der Waals surface area contributed by atoms with Crippen molar-refractivity contribution in [3.05, 3.63) is 71.5 Å². The van der Waals surface area contributed by atoms with E-state index in [1.807, 2.05) is 12.1 Å². The van der Waals surface area contributed by atoms with Gasteiger partial charge in [-0.25, -0.2) is 4.39 Å². The molecule has 2 saturated heterocycles. The maximum atomic E-state index is 14.2. The zero-order chi connectivity index (χ0) is 27.2. The molecule has 6 heteroatoms. The Hall–Kier alpha value is -2.28. The molecule has 0 aromatic heterocycles. The summed E-state index contributed by atoms with van der Waals surface area (Å²) in [4.78, 5) is 17.1. The van der Waals surface area contributed by atoms with Crippen LogP contribution in [0.4, 0.5) is 4.39 Å². The number of likely N-dealkylation sites (tertiary alicyclic amines) is 2. The molecule has 3 unspecified atom stereocenters. The number of nitrogens with zero attached hydrogens (tertiary/aromatic N) is 2. The third-order valence-corrected chi connectivity index (χ3v) is 9.72. The fraction of sp³-hybridized carbons (Fsp3) is 0.606. The van der Waals surface area contributed by atoms with Gasteiger partial charge in [0.2, 0.25) is 0 Å². The molecule has 39 heavy (non-hydrogen) atoms. The summed E-state index contributed by atoms with van der Waals surface area (Å²) < 4.78 is 14.2. The number of benzene rings is 2. The second-order valence-electron chi connectivity index (χ2n) is 12.4. The topological polar surface area (TPSA) is 64.0 Å². The number of rotatable bonds is 10. The van der Waals surface area contributed by atoms with Crippen molar-refractivity contribution in [2.75, 3.05) is 32.7 Å². The number of halogens is 1. The lowest BCUT2D eigenvalue weighted by molar-refractivity contribution is -0.145. The third kappa shape index (κ3) is 7.27. The van der Waals surface area contributed by atoms with Gasteiger partial charge in [-0.1, -0.05) is 61.7 Å². The number of aliphatic carboxylic acids is 1. The number of hydrogen-bond acceptors (Lipinski definition) is 4. The van der Waals surface area contributed by atoms with Gasteiger partial charge in [-0.05, 0) is 80.0 Å². The van der Waals surface area contributed by atoms with Crippen LogP contribution in [-0.4, -0.2) is 70.3 Å². The minimum Gasteiger partial charge on any atom is -0.480 e. The molecular formula is C33H45FN2O3. The van der Waals surface area contributed by atoms with Crippen LogP contribution in [0.5, 0.6) is 0 Å². The summed E-state index contributed by atoms with van der Waals surface area (Å²) in [6.45, 7) is 3.94. The highest BCUT2D eigenvalue weighted by atomic mass is 19.1. The summed E-state index contributed by atoms with van der Waals surface area (Å²) in [7, 11) is 0. The summed E-state index contributed by atoms with van der Waals surface area (Å²) in [6.07, 6.45) is 9.72. The molecule has 5 nitrogen and oxygen atoms in total. The lowest BCUT2D eigenvalue weighted by Crippen LogP contribution is -2.47. The third-order valence-electron chi connectivity index (χ3n) is 9.72. The van der Waals surface area contributed by atoms with E-state index < -0.39 is 17.6 Å². The Balaban J connectivity index is 1.22. The van der Waals surface area contributed by atoms with Crippen molar-refractivity contribution < 1.29 is 19.4 Å². The predicted octanol–water partition coefficient (Wildman–Crippen LogP) is 5.72. The van der Waals surface area contributed by atoms with E-state index >= 15 is 0 Å². The fourth-order valence-electron chi connectivity index (χ4n) is 7.54. The number of carboxylic acids is 1. The average molecular weight is 537 g/mol. The van der Waals surface area contributed by atoms with Crippen LogP contribution in [-0.2, 0) is 11.2 Å². The number of carboxylic acid groups (broad SMARTS) is 1. The van der Waals surface area contributed by atoms with Crippen molar-refractivity contribution in [3.63, 3.8) is 0 Å². The highest BCUT2D eigenvalue weighted by Crippen LogP contribution is 2.39. The first-order chi connectivity index (χ1) is 18.9. The molecule has 3 aliphatic rings. The Labute approximate surface area is 233 Å². The monoisotopic (exact) mass is 536 g/mol. The molecule has 0 bridgehead atoms. The molecule has 0 spiro atoms. The van der Waals surface area contributed by atoms with E-state index in [9.17, 15) is 19.4 Å². The van der Waals surface area contributed by atoms with Crippen molar-refractivity contribution in [2.24, 2.45) is 11.8 Å². The van der Waals surface area contributed by atoms with Gasteiger partial charge in [0.25, 0.3) is 0 Å². The minimum atomic E-state index is -0.709. The lowest BCUT2D eigenvalue weighted by Gasteiger charge is -2.40. The van der Waals surface area contributed by atoms with Gasteiger partial charge in [0, 0.05) is 38.6 Å². The molecule has 2 N–H and O–H groups in total. The molecular weight excluding hydrogens is 491 g/mol. The molecule has 2 aromatic rings. The van der Waals surface area contributed by atoms with Gasteiger partial charge >= 0.3 is 5.97 Å². The van der Waals surface area contributed by atoms with E-state index in [1.54, 1.807) is 12.1 Å². The largest absolute Gasteiger partial charge is 0.480 e. The quantitative estimate of drug-likeness (QED) is 0.406. The number of aryl methyl sites for hydroxylation is 1. The maximum Gasteiger partial charge on any atom is 0.321 e. The van der Waals surface area contributed by atoms with E-state index in [1.165, 1.54) is 18.1 Å². The van der Waals surface area contributed by atoms with Crippen molar-refractivity contribution in [1.82, 2.24) is 9.80 Å². The Morgan fingerprint density at radius 3 is 2.44 bits per heavy atom. The Bertz CT molecular complexity index is 1070. The maximum absolute atomic E-state index is 14.2. The van der Waals surface area contributed by atoms with Gasteiger partial charge in [-0.15, -0.1) is 0 Å². The number of carbonyl (C=O) groups is 1. The molecule has 3 fully saturated rings. The average Bonchev–Trinajstić information content (AvgIpc) is 3.34. The normalized spacial score (nSPS) is 25.5. The first-order valence-corrected chi connectivity index (χ1v) is 15.1. The van der Waals surface area contributed by atoms with Crippen LogP contribution in [0, 0.1) is 17.7 Å². The Morgan fingerprint density at radius 2 is 1.74 bits per heavy atom. The first-order valence-electron chi connectivity index (χ1n) is 15.1. The van der Waals surface area contributed by atoms with E-state index in [4.69, 9.17) is 0 Å². The highest BCUT2D eigenvalue weighted by Gasteiger charge is 2.43. The second-order valence-corrected chi connectivity index (χ2v) is 12.4. The molecule has 1 aliphatic carbocycles. The molecule has 5 rings (SSSR count). The predicted molar refractivity (Wildman–Crippen MR) is 152 cm³/mol. The smallest absolute Gasteiger partial charge is 0.321 e. The van der Waals surface area contributed by atoms with Crippen LogP contribution in [0.1, 0.15) is 74.8 Å². The highest BCUT2D eigenvalue weighted by molar-refractivity contribution is 5.74. The Kier molecular flexibility index (Phi) is 9.36. The minimum absolute atomic E-state index is 0.109. The molecule has 1 saturated carbocycles. The van der Waals surface area contributed by atoms with Crippen molar-refractivity contribution in [1.29, 1.82) is 0 Å². The lowest BCUT2D eigenvalue weighted by atomic mass is 9.83. The zero-order valence-corrected chi connectivity index (χ0v) is 23.2. The van der Waals surface area contributed by atoms with Gasteiger partial charge in [0.05, 0.1) is 5.60 Å².